The second-order valence-electron chi connectivity index (χ2n) is 6.52. The molecular weight excluding hydrogens is 361 g/mol. The van der Waals surface area contributed by atoms with Crippen LogP contribution in [0.15, 0.2) is 18.2 Å². The fourth-order valence-electron chi connectivity index (χ4n) is 2.96. The zero-order chi connectivity index (χ0) is 20.3. The summed E-state index contributed by atoms with van der Waals surface area (Å²) in [5, 5.41) is 7.35. The van der Waals surface area contributed by atoms with Crippen molar-refractivity contribution < 1.29 is 9.13 Å². The first-order valence-corrected chi connectivity index (χ1v) is 8.96. The van der Waals surface area contributed by atoms with E-state index in [2.05, 4.69) is 30.6 Å². The molecule has 0 amide bonds. The molecular formula is C19H24FN7O. The summed E-state index contributed by atoms with van der Waals surface area (Å²) in [4.78, 5) is 17.1. The minimum Gasteiger partial charge on any atom is -0.383 e. The highest BCUT2D eigenvalue weighted by molar-refractivity contribution is 5.85. The number of hydrogen-bond donors (Lipinski definition) is 3. The Bertz CT molecular complexity index is 975. The number of nitrogens with two attached hydrogens (primary N) is 1. The number of aromatic nitrogens is 4. The number of aryl methyl sites for hydroxylation is 2. The maximum absolute atomic E-state index is 14.0. The van der Waals surface area contributed by atoms with Crippen LogP contribution in [0.4, 0.5) is 22.1 Å². The van der Waals surface area contributed by atoms with Gasteiger partial charge < -0.3 is 21.1 Å². The van der Waals surface area contributed by atoms with Crippen molar-refractivity contribution in [2.75, 3.05) is 36.6 Å². The topological polar surface area (TPSA) is 111 Å². The molecule has 9 heteroatoms. The lowest BCUT2D eigenvalue weighted by Crippen LogP contribution is -2.16. The molecule has 0 radical (unpaired) electrons. The van der Waals surface area contributed by atoms with E-state index in [9.17, 15) is 4.39 Å². The molecule has 0 aliphatic heterocycles. The van der Waals surface area contributed by atoms with Crippen molar-refractivity contribution in [3.63, 3.8) is 0 Å². The minimum absolute atomic E-state index is 0.156. The summed E-state index contributed by atoms with van der Waals surface area (Å²) in [5.74, 6) is 1.44. The molecule has 148 valence electrons. The van der Waals surface area contributed by atoms with Gasteiger partial charge in [-0.25, -0.2) is 9.37 Å². The SMILES string of the molecule is COCCNc1nc2c(C)c(F)ccc2cc1[C@H](C)Nc1nc(C)nc(N)n1. The number of anilines is 3. The van der Waals surface area contributed by atoms with Crippen molar-refractivity contribution in [1.29, 1.82) is 0 Å². The van der Waals surface area contributed by atoms with E-state index in [4.69, 9.17) is 10.5 Å². The standard InChI is InChI=1S/C19H24FN7O/c1-10-15(20)6-5-13-9-14(17(26-16(10)13)22-7-8-28-4)11(2)23-19-25-12(3)24-18(21)27-19/h5-6,9,11H,7-8H2,1-4H3,(H,22,26)(H3,21,23,24,25,27)/t11-/m0/s1. The molecule has 3 aromatic rings. The molecule has 2 aromatic heterocycles. The first-order chi connectivity index (χ1) is 13.4. The van der Waals surface area contributed by atoms with Crippen LogP contribution in [0.3, 0.4) is 0 Å². The Kier molecular flexibility index (Phi) is 5.84. The summed E-state index contributed by atoms with van der Waals surface area (Å²) in [7, 11) is 1.63. The smallest absolute Gasteiger partial charge is 0.228 e. The first-order valence-electron chi connectivity index (χ1n) is 8.96. The van der Waals surface area contributed by atoms with Crippen LogP contribution < -0.4 is 16.4 Å². The number of nitrogen functional groups attached to an aromatic ring is 1. The summed E-state index contributed by atoms with van der Waals surface area (Å²) >= 11 is 0. The van der Waals surface area contributed by atoms with Gasteiger partial charge in [-0.1, -0.05) is 0 Å². The number of methoxy groups -OCH3 is 1. The molecule has 8 nitrogen and oxygen atoms in total. The maximum atomic E-state index is 14.0. The molecule has 0 aliphatic rings. The average molecular weight is 385 g/mol. The van der Waals surface area contributed by atoms with Crippen molar-refractivity contribution in [2.45, 2.75) is 26.8 Å². The summed E-state index contributed by atoms with van der Waals surface area (Å²) < 4.78 is 19.1. The molecule has 0 bridgehead atoms. The van der Waals surface area contributed by atoms with Gasteiger partial charge in [0, 0.05) is 30.2 Å². The van der Waals surface area contributed by atoms with Gasteiger partial charge in [0.25, 0.3) is 0 Å². The molecule has 28 heavy (non-hydrogen) atoms. The zero-order valence-corrected chi connectivity index (χ0v) is 16.4. The largest absolute Gasteiger partial charge is 0.383 e. The third-order valence-corrected chi connectivity index (χ3v) is 4.38. The second-order valence-corrected chi connectivity index (χ2v) is 6.52. The third kappa shape index (κ3) is 4.25. The van der Waals surface area contributed by atoms with E-state index in [0.29, 0.717) is 41.8 Å². The van der Waals surface area contributed by atoms with Gasteiger partial charge in [-0.2, -0.15) is 15.0 Å². The van der Waals surface area contributed by atoms with Gasteiger partial charge in [0.15, 0.2) is 0 Å². The number of hydrogen-bond acceptors (Lipinski definition) is 8. The van der Waals surface area contributed by atoms with Crippen molar-refractivity contribution in [3.8, 4) is 0 Å². The normalized spacial score (nSPS) is 12.2. The molecule has 4 N–H and O–H groups in total. The van der Waals surface area contributed by atoms with Crippen LogP contribution in [0.2, 0.25) is 0 Å². The predicted molar refractivity (Wildman–Crippen MR) is 108 cm³/mol. The van der Waals surface area contributed by atoms with Gasteiger partial charge in [0.05, 0.1) is 18.2 Å². The van der Waals surface area contributed by atoms with E-state index >= 15 is 0 Å². The monoisotopic (exact) mass is 385 g/mol. The van der Waals surface area contributed by atoms with E-state index in [-0.39, 0.29) is 17.8 Å². The lowest BCUT2D eigenvalue weighted by atomic mass is 10.0. The lowest BCUT2D eigenvalue weighted by Gasteiger charge is -2.20. The van der Waals surface area contributed by atoms with Crippen LogP contribution in [0, 0.1) is 19.7 Å². The third-order valence-electron chi connectivity index (χ3n) is 4.38. The van der Waals surface area contributed by atoms with Gasteiger partial charge in [-0.3, -0.25) is 0 Å². The molecule has 0 aliphatic carbocycles. The lowest BCUT2D eigenvalue weighted by molar-refractivity contribution is 0.210. The highest BCUT2D eigenvalue weighted by Gasteiger charge is 2.17. The Labute approximate surface area is 162 Å². The summed E-state index contributed by atoms with van der Waals surface area (Å²) in [6, 6.07) is 4.98. The van der Waals surface area contributed by atoms with Crippen molar-refractivity contribution in [1.82, 2.24) is 19.9 Å². The van der Waals surface area contributed by atoms with E-state index in [1.165, 1.54) is 6.07 Å². The van der Waals surface area contributed by atoms with Crippen LogP contribution in [0.1, 0.15) is 29.9 Å². The molecule has 0 unspecified atom stereocenters. The number of rotatable bonds is 7. The number of halogens is 1. The molecule has 0 fully saturated rings. The molecule has 2 heterocycles. The first kappa shape index (κ1) is 19.7. The molecule has 0 saturated heterocycles. The average Bonchev–Trinajstić information content (AvgIpc) is 2.64. The van der Waals surface area contributed by atoms with E-state index in [0.717, 1.165) is 10.9 Å². The molecule has 0 spiro atoms. The van der Waals surface area contributed by atoms with Crippen molar-refractivity contribution >= 4 is 28.6 Å². The molecule has 1 aromatic carbocycles. The summed E-state index contributed by atoms with van der Waals surface area (Å²) in [6.45, 7) is 6.53. The Morgan fingerprint density at radius 3 is 2.68 bits per heavy atom. The van der Waals surface area contributed by atoms with Gasteiger partial charge in [0.2, 0.25) is 11.9 Å². The summed E-state index contributed by atoms with van der Waals surface area (Å²) in [5.41, 5.74) is 7.74. The highest BCUT2D eigenvalue weighted by atomic mass is 19.1. The number of nitrogens with zero attached hydrogens (tertiary/aromatic N) is 4. The fraction of sp³-hybridized carbons (Fsp3) is 0.368. The number of nitrogens with one attached hydrogen (secondary N) is 2. The van der Waals surface area contributed by atoms with Crippen molar-refractivity contribution in [3.05, 3.63) is 41.0 Å². The number of fused-ring (bicyclic) bond motifs is 1. The van der Waals surface area contributed by atoms with E-state index in [1.54, 1.807) is 27.0 Å². The van der Waals surface area contributed by atoms with Gasteiger partial charge in [0.1, 0.15) is 17.5 Å². The van der Waals surface area contributed by atoms with E-state index in [1.807, 2.05) is 13.0 Å². The minimum atomic E-state index is -0.280. The maximum Gasteiger partial charge on any atom is 0.228 e. The van der Waals surface area contributed by atoms with Gasteiger partial charge >= 0.3 is 0 Å². The zero-order valence-electron chi connectivity index (χ0n) is 16.4. The Morgan fingerprint density at radius 2 is 1.96 bits per heavy atom. The second kappa shape index (κ2) is 8.30. The number of pyridine rings is 1. The fourth-order valence-corrected chi connectivity index (χ4v) is 2.96. The van der Waals surface area contributed by atoms with E-state index < -0.39 is 0 Å². The molecule has 3 rings (SSSR count). The van der Waals surface area contributed by atoms with Crippen LogP contribution in [0.5, 0.6) is 0 Å². The van der Waals surface area contributed by atoms with Crippen LogP contribution >= 0.6 is 0 Å². The Hall–Kier alpha value is -3.07. The summed E-state index contributed by atoms with van der Waals surface area (Å²) in [6.07, 6.45) is 0. The quantitative estimate of drug-likeness (QED) is 0.532. The Morgan fingerprint density at radius 1 is 1.18 bits per heavy atom. The Balaban J connectivity index is 2.00. The number of benzene rings is 1. The molecule has 0 saturated carbocycles. The van der Waals surface area contributed by atoms with Gasteiger partial charge in [-0.05, 0) is 39.0 Å². The molecule has 1 atom stereocenters. The number of ether oxygens (including phenoxy) is 1. The van der Waals surface area contributed by atoms with Crippen LogP contribution in [-0.2, 0) is 4.74 Å². The predicted octanol–water partition coefficient (Wildman–Crippen LogP) is 2.99. The van der Waals surface area contributed by atoms with Crippen LogP contribution in [-0.4, -0.2) is 40.2 Å². The van der Waals surface area contributed by atoms with Crippen LogP contribution in [0.25, 0.3) is 10.9 Å². The van der Waals surface area contributed by atoms with Crippen molar-refractivity contribution in [2.24, 2.45) is 0 Å². The van der Waals surface area contributed by atoms with Gasteiger partial charge in [-0.15, -0.1) is 0 Å². The highest BCUT2D eigenvalue weighted by Crippen LogP contribution is 2.29.